The van der Waals surface area contributed by atoms with E-state index in [0.29, 0.717) is 5.11 Å². The normalized spacial score (nSPS) is 10.0. The maximum atomic E-state index is 5.46. The lowest BCUT2D eigenvalue weighted by Crippen LogP contribution is -2.30. The van der Waals surface area contributed by atoms with Gasteiger partial charge in [-0.3, -0.25) is 0 Å². The fourth-order valence-electron chi connectivity index (χ4n) is 2.04. The van der Waals surface area contributed by atoms with Crippen LogP contribution in [0.2, 0.25) is 0 Å². The minimum absolute atomic E-state index is 0.701. The number of rotatable bonds is 4. The summed E-state index contributed by atoms with van der Waals surface area (Å²) in [6.07, 6.45) is 0. The number of methoxy groups -OCH3 is 1. The largest absolute Gasteiger partial charge is 0.497 e. The minimum Gasteiger partial charge on any atom is -0.497 e. The van der Waals surface area contributed by atoms with Crippen LogP contribution in [0.4, 0.5) is 5.69 Å². The Bertz CT molecular complexity index is 628. The summed E-state index contributed by atoms with van der Waals surface area (Å²) in [6.45, 7) is 2.79. The zero-order valence-corrected chi connectivity index (χ0v) is 13.4. The highest BCUT2D eigenvalue weighted by Crippen LogP contribution is 2.16. The molecule has 0 saturated heterocycles. The predicted octanol–water partition coefficient (Wildman–Crippen LogP) is 3.83. The average Bonchev–Trinajstić information content (AvgIpc) is 2.49. The van der Waals surface area contributed by atoms with Gasteiger partial charge in [-0.05, 0) is 48.5 Å². The molecule has 0 amide bonds. The van der Waals surface area contributed by atoms with Crippen LogP contribution in [0.25, 0.3) is 0 Å². The monoisotopic (exact) mass is 300 g/mol. The fourth-order valence-corrected chi connectivity index (χ4v) is 2.21. The van der Waals surface area contributed by atoms with Crippen LogP contribution in [0, 0.1) is 6.92 Å². The molecule has 0 bridgehead atoms. The second-order valence-corrected chi connectivity index (χ2v) is 5.34. The molecule has 110 valence electrons. The first-order valence-electron chi connectivity index (χ1n) is 6.81. The van der Waals surface area contributed by atoms with Crippen molar-refractivity contribution in [3.63, 3.8) is 0 Å². The van der Waals surface area contributed by atoms with Crippen molar-refractivity contribution in [3.8, 4) is 5.75 Å². The molecule has 0 aliphatic heterocycles. The van der Waals surface area contributed by atoms with Crippen molar-refractivity contribution in [2.45, 2.75) is 13.5 Å². The second kappa shape index (κ2) is 7.09. The molecule has 1 N–H and O–H groups in total. The van der Waals surface area contributed by atoms with Crippen LogP contribution in [-0.4, -0.2) is 24.2 Å². The van der Waals surface area contributed by atoms with Gasteiger partial charge in [0.25, 0.3) is 0 Å². The lowest BCUT2D eigenvalue weighted by molar-refractivity contribution is 0.413. The number of anilines is 1. The maximum Gasteiger partial charge on any atom is 0.173 e. The van der Waals surface area contributed by atoms with Gasteiger partial charge in [0.15, 0.2) is 5.11 Å². The molecular weight excluding hydrogens is 280 g/mol. The summed E-state index contributed by atoms with van der Waals surface area (Å²) >= 11 is 5.46. The van der Waals surface area contributed by atoms with E-state index in [-0.39, 0.29) is 0 Å². The molecule has 0 aliphatic rings. The molecule has 3 nitrogen and oxygen atoms in total. The van der Waals surface area contributed by atoms with Gasteiger partial charge in [-0.2, -0.15) is 0 Å². The van der Waals surface area contributed by atoms with E-state index in [1.807, 2.05) is 48.3 Å². The second-order valence-electron chi connectivity index (χ2n) is 4.95. The van der Waals surface area contributed by atoms with Crippen molar-refractivity contribution in [1.29, 1.82) is 0 Å². The van der Waals surface area contributed by atoms with Gasteiger partial charge in [0, 0.05) is 19.3 Å². The topological polar surface area (TPSA) is 24.5 Å². The zero-order valence-electron chi connectivity index (χ0n) is 12.6. The number of ether oxygens (including phenoxy) is 1. The Kier molecular flexibility index (Phi) is 5.17. The third-order valence-corrected chi connectivity index (χ3v) is 3.70. The van der Waals surface area contributed by atoms with Crippen molar-refractivity contribution < 1.29 is 4.74 Å². The van der Waals surface area contributed by atoms with Crippen molar-refractivity contribution in [2.24, 2.45) is 0 Å². The zero-order chi connectivity index (χ0) is 15.2. The van der Waals surface area contributed by atoms with Gasteiger partial charge in [-0.15, -0.1) is 0 Å². The standard InChI is InChI=1S/C17H20N2OS/c1-13-7-4-5-10-16(13)18-17(21)19(2)12-14-8-6-9-15(11-14)20-3/h4-11H,12H2,1-3H3,(H,18,21). The van der Waals surface area contributed by atoms with Crippen LogP contribution in [0.5, 0.6) is 5.75 Å². The molecule has 21 heavy (non-hydrogen) atoms. The molecule has 0 saturated carbocycles. The number of nitrogens with one attached hydrogen (secondary N) is 1. The van der Waals surface area contributed by atoms with Crippen LogP contribution in [-0.2, 0) is 6.54 Å². The highest BCUT2D eigenvalue weighted by atomic mass is 32.1. The van der Waals surface area contributed by atoms with Crippen LogP contribution in [0.3, 0.4) is 0 Å². The van der Waals surface area contributed by atoms with E-state index in [9.17, 15) is 0 Å². The summed E-state index contributed by atoms with van der Waals surface area (Å²) in [7, 11) is 3.65. The lowest BCUT2D eigenvalue weighted by atomic mass is 10.2. The number of para-hydroxylation sites is 1. The first-order chi connectivity index (χ1) is 10.1. The van der Waals surface area contributed by atoms with Crippen LogP contribution < -0.4 is 10.1 Å². The number of aryl methyl sites for hydroxylation is 1. The molecule has 0 fully saturated rings. The van der Waals surface area contributed by atoms with Gasteiger partial charge < -0.3 is 15.0 Å². The predicted molar refractivity (Wildman–Crippen MR) is 91.9 cm³/mol. The van der Waals surface area contributed by atoms with E-state index in [2.05, 4.69) is 24.4 Å². The Hall–Kier alpha value is -2.07. The number of nitrogens with zero attached hydrogens (tertiary/aromatic N) is 1. The lowest BCUT2D eigenvalue weighted by Gasteiger charge is -2.22. The van der Waals surface area contributed by atoms with Crippen molar-refractivity contribution in [2.75, 3.05) is 19.5 Å². The van der Waals surface area contributed by atoms with Gasteiger partial charge in [-0.1, -0.05) is 30.3 Å². The Morgan fingerprint density at radius 2 is 1.95 bits per heavy atom. The summed E-state index contributed by atoms with van der Waals surface area (Å²) in [6, 6.07) is 16.1. The van der Waals surface area contributed by atoms with Gasteiger partial charge in [0.1, 0.15) is 5.75 Å². The number of benzene rings is 2. The Labute approximate surface area is 131 Å². The highest BCUT2D eigenvalue weighted by Gasteiger charge is 2.07. The van der Waals surface area contributed by atoms with Gasteiger partial charge in [0.2, 0.25) is 0 Å². The molecule has 0 unspecified atom stereocenters. The molecule has 4 heteroatoms. The summed E-state index contributed by atoms with van der Waals surface area (Å²) in [5.41, 5.74) is 3.38. The Morgan fingerprint density at radius 3 is 2.67 bits per heavy atom. The summed E-state index contributed by atoms with van der Waals surface area (Å²) in [5, 5.41) is 3.99. The molecule has 0 radical (unpaired) electrons. The van der Waals surface area contributed by atoms with E-state index in [1.165, 1.54) is 5.56 Å². The molecule has 0 aliphatic carbocycles. The molecule has 0 heterocycles. The molecule has 0 aromatic heterocycles. The fraction of sp³-hybridized carbons (Fsp3) is 0.235. The maximum absolute atomic E-state index is 5.46. The molecule has 2 aromatic rings. The van der Waals surface area contributed by atoms with Crippen LogP contribution in [0.1, 0.15) is 11.1 Å². The highest BCUT2D eigenvalue weighted by molar-refractivity contribution is 7.80. The van der Waals surface area contributed by atoms with E-state index < -0.39 is 0 Å². The molecule has 2 aromatic carbocycles. The quantitative estimate of drug-likeness (QED) is 0.867. The summed E-state index contributed by atoms with van der Waals surface area (Å²) in [4.78, 5) is 2.01. The van der Waals surface area contributed by atoms with Gasteiger partial charge in [-0.25, -0.2) is 0 Å². The van der Waals surface area contributed by atoms with E-state index >= 15 is 0 Å². The summed E-state index contributed by atoms with van der Waals surface area (Å²) in [5.74, 6) is 0.860. The minimum atomic E-state index is 0.701. The van der Waals surface area contributed by atoms with Crippen LogP contribution >= 0.6 is 12.2 Å². The third-order valence-electron chi connectivity index (χ3n) is 3.29. The van der Waals surface area contributed by atoms with Crippen molar-refractivity contribution in [1.82, 2.24) is 4.90 Å². The van der Waals surface area contributed by atoms with Crippen molar-refractivity contribution in [3.05, 3.63) is 59.7 Å². The number of hydrogen-bond donors (Lipinski definition) is 1. The first-order valence-corrected chi connectivity index (χ1v) is 7.21. The average molecular weight is 300 g/mol. The SMILES string of the molecule is COc1cccc(CN(C)C(=S)Nc2ccccc2C)c1. The molecule has 0 spiro atoms. The Morgan fingerprint density at radius 1 is 1.19 bits per heavy atom. The van der Waals surface area contributed by atoms with E-state index in [0.717, 1.165) is 23.5 Å². The smallest absolute Gasteiger partial charge is 0.173 e. The van der Waals surface area contributed by atoms with Gasteiger partial charge >= 0.3 is 0 Å². The summed E-state index contributed by atoms with van der Waals surface area (Å²) < 4.78 is 5.24. The van der Waals surface area contributed by atoms with Crippen LogP contribution in [0.15, 0.2) is 48.5 Å². The number of hydrogen-bond acceptors (Lipinski definition) is 2. The molecular formula is C17H20N2OS. The molecule has 0 atom stereocenters. The first kappa shape index (κ1) is 15.3. The Balaban J connectivity index is 2.01. The van der Waals surface area contributed by atoms with E-state index in [4.69, 9.17) is 17.0 Å². The molecule has 2 rings (SSSR count). The van der Waals surface area contributed by atoms with Gasteiger partial charge in [0.05, 0.1) is 7.11 Å². The third kappa shape index (κ3) is 4.20. The number of thiocarbonyl (C=S) groups is 1. The van der Waals surface area contributed by atoms with E-state index in [1.54, 1.807) is 7.11 Å². The van der Waals surface area contributed by atoms with Crippen molar-refractivity contribution >= 4 is 23.0 Å².